The Bertz CT molecular complexity index is 1950. The van der Waals surface area contributed by atoms with Crippen molar-refractivity contribution in [2.45, 2.75) is 50.9 Å². The lowest BCUT2D eigenvalue weighted by atomic mass is 10.0. The van der Waals surface area contributed by atoms with Gasteiger partial charge in [-0.05, 0) is 50.5 Å². The molecule has 2 aromatic carbocycles. The Balaban J connectivity index is 1.38. The zero-order valence-corrected chi connectivity index (χ0v) is 25.7. The normalized spacial score (nSPS) is 16.8. The second kappa shape index (κ2) is 10.3. The summed E-state index contributed by atoms with van der Waals surface area (Å²) in [5, 5.41) is 10.6. The molecule has 5 aromatic rings. The van der Waals surface area contributed by atoms with Crippen LogP contribution in [0.4, 0.5) is 13.2 Å². The molecule has 3 aromatic heterocycles. The molecule has 0 radical (unpaired) electrons. The van der Waals surface area contributed by atoms with Crippen molar-refractivity contribution in [2.75, 3.05) is 19.9 Å². The summed E-state index contributed by atoms with van der Waals surface area (Å²) in [5.74, 6) is 0.622. The van der Waals surface area contributed by atoms with E-state index >= 15 is 0 Å². The summed E-state index contributed by atoms with van der Waals surface area (Å²) < 4.78 is 69.5. The molecule has 0 saturated heterocycles. The molecule has 2 aliphatic carbocycles. The van der Waals surface area contributed by atoms with Crippen molar-refractivity contribution in [3.8, 4) is 40.0 Å². The standard InChI is InChI=1S/C31H32F3N6O3P/c1-5-44(4,41)20-13-14-22(26(15-20)43-31(32,33)34)29-35-27(28(38(29)2)18-9-10-18)21-7-6-8-24-23(21)16-40(36-24)25-17-39(19-11-12-19)37-30(25)42-3/h6-8,13-19H,5,9-12H2,1-4H3. The van der Waals surface area contributed by atoms with Crippen molar-refractivity contribution in [3.05, 3.63) is 54.5 Å². The summed E-state index contributed by atoms with van der Waals surface area (Å²) in [6.45, 7) is 3.32. The van der Waals surface area contributed by atoms with Crippen LogP contribution in [0.3, 0.4) is 0 Å². The molecular formula is C31H32F3N6O3P. The summed E-state index contributed by atoms with van der Waals surface area (Å²) in [6.07, 6.45) is 3.32. The van der Waals surface area contributed by atoms with Gasteiger partial charge in [-0.2, -0.15) is 5.10 Å². The molecule has 1 atom stereocenters. The second-order valence-corrected chi connectivity index (χ2v) is 15.0. The van der Waals surface area contributed by atoms with E-state index in [1.54, 1.807) is 31.4 Å². The lowest BCUT2D eigenvalue weighted by Gasteiger charge is -2.17. The van der Waals surface area contributed by atoms with Gasteiger partial charge in [0.25, 0.3) is 5.88 Å². The summed E-state index contributed by atoms with van der Waals surface area (Å²) in [4.78, 5) is 4.98. The summed E-state index contributed by atoms with van der Waals surface area (Å²) in [7, 11) is 0.550. The van der Waals surface area contributed by atoms with Crippen LogP contribution in [-0.4, -0.2) is 55.4 Å². The molecule has 0 spiro atoms. The van der Waals surface area contributed by atoms with Crippen molar-refractivity contribution in [3.63, 3.8) is 0 Å². The molecule has 13 heteroatoms. The van der Waals surface area contributed by atoms with Crippen LogP contribution < -0.4 is 14.8 Å². The molecule has 2 fully saturated rings. The van der Waals surface area contributed by atoms with Crippen LogP contribution in [-0.2, 0) is 11.6 Å². The highest BCUT2D eigenvalue weighted by Gasteiger charge is 2.36. The zero-order chi connectivity index (χ0) is 31.0. The van der Waals surface area contributed by atoms with Gasteiger partial charge in [-0.3, -0.25) is 4.68 Å². The van der Waals surface area contributed by atoms with E-state index in [1.165, 1.54) is 12.1 Å². The average molecular weight is 625 g/mol. The van der Waals surface area contributed by atoms with Gasteiger partial charge in [0.05, 0.1) is 36.1 Å². The maximum absolute atomic E-state index is 13.6. The number of fused-ring (bicyclic) bond motifs is 1. The molecule has 7 rings (SSSR count). The van der Waals surface area contributed by atoms with E-state index in [0.717, 1.165) is 53.5 Å². The summed E-state index contributed by atoms with van der Waals surface area (Å²) in [6, 6.07) is 10.6. The molecular weight excluding hydrogens is 592 g/mol. The van der Waals surface area contributed by atoms with Crippen LogP contribution in [0.2, 0.25) is 0 Å². The first-order chi connectivity index (χ1) is 21.0. The molecule has 0 N–H and O–H groups in total. The maximum atomic E-state index is 13.6. The molecule has 1 unspecified atom stereocenters. The number of aromatic nitrogens is 6. The van der Waals surface area contributed by atoms with E-state index in [1.807, 2.05) is 46.9 Å². The Morgan fingerprint density at radius 3 is 2.48 bits per heavy atom. The molecule has 2 saturated carbocycles. The lowest BCUT2D eigenvalue weighted by molar-refractivity contribution is -0.274. The van der Waals surface area contributed by atoms with Crippen molar-refractivity contribution in [2.24, 2.45) is 7.05 Å². The van der Waals surface area contributed by atoms with Crippen molar-refractivity contribution < 1.29 is 27.2 Å². The number of hydrogen-bond acceptors (Lipinski definition) is 6. The molecule has 3 heterocycles. The van der Waals surface area contributed by atoms with Gasteiger partial charge >= 0.3 is 6.36 Å². The van der Waals surface area contributed by atoms with Crippen molar-refractivity contribution in [1.29, 1.82) is 0 Å². The number of halogens is 3. The maximum Gasteiger partial charge on any atom is 0.573 e. The average Bonchev–Trinajstić information content (AvgIpc) is 3.90. The largest absolute Gasteiger partial charge is 0.573 e. The topological polar surface area (TPSA) is 89.0 Å². The Labute approximate surface area is 252 Å². The Kier molecular flexibility index (Phi) is 6.69. The minimum absolute atomic E-state index is 0.179. The third kappa shape index (κ3) is 5.08. The highest BCUT2D eigenvalue weighted by molar-refractivity contribution is 7.70. The molecule has 9 nitrogen and oxygen atoms in total. The Morgan fingerprint density at radius 1 is 1.05 bits per heavy atom. The quantitative estimate of drug-likeness (QED) is 0.163. The van der Waals surface area contributed by atoms with E-state index in [0.29, 0.717) is 34.9 Å². The lowest BCUT2D eigenvalue weighted by Crippen LogP contribution is -2.19. The smallest absolute Gasteiger partial charge is 0.478 e. The van der Waals surface area contributed by atoms with Gasteiger partial charge in [-0.25, -0.2) is 9.67 Å². The predicted molar refractivity (Wildman–Crippen MR) is 162 cm³/mol. The minimum atomic E-state index is -4.93. The van der Waals surface area contributed by atoms with Gasteiger partial charge in [0, 0.05) is 47.3 Å². The summed E-state index contributed by atoms with van der Waals surface area (Å²) in [5.41, 5.74) is 4.09. The van der Waals surface area contributed by atoms with Gasteiger partial charge in [-0.15, -0.1) is 18.3 Å². The predicted octanol–water partition coefficient (Wildman–Crippen LogP) is 7.05. The highest BCUT2D eigenvalue weighted by atomic mass is 31.2. The van der Waals surface area contributed by atoms with E-state index < -0.39 is 19.3 Å². The van der Waals surface area contributed by atoms with Crippen LogP contribution >= 0.6 is 7.14 Å². The van der Waals surface area contributed by atoms with Crippen LogP contribution in [0.15, 0.2) is 48.8 Å². The molecule has 0 amide bonds. The van der Waals surface area contributed by atoms with E-state index in [9.17, 15) is 17.7 Å². The molecule has 0 aliphatic heterocycles. The van der Waals surface area contributed by atoms with Gasteiger partial charge in [0.1, 0.15) is 24.4 Å². The third-order valence-corrected chi connectivity index (χ3v) is 11.1. The fourth-order valence-electron chi connectivity index (χ4n) is 5.72. The van der Waals surface area contributed by atoms with Crippen LogP contribution in [0.1, 0.15) is 50.3 Å². The number of ether oxygens (including phenoxy) is 2. The molecule has 230 valence electrons. The van der Waals surface area contributed by atoms with E-state index in [-0.39, 0.29) is 11.5 Å². The van der Waals surface area contributed by atoms with Gasteiger partial charge in [-0.1, -0.05) is 25.1 Å². The molecule has 0 bridgehead atoms. The number of alkyl halides is 3. The van der Waals surface area contributed by atoms with E-state index in [2.05, 4.69) is 9.84 Å². The monoisotopic (exact) mass is 624 g/mol. The van der Waals surface area contributed by atoms with Crippen LogP contribution in [0.5, 0.6) is 11.6 Å². The Morgan fingerprint density at radius 2 is 1.82 bits per heavy atom. The number of hydrogen-bond donors (Lipinski definition) is 0. The van der Waals surface area contributed by atoms with Gasteiger partial charge in [0.15, 0.2) is 0 Å². The highest BCUT2D eigenvalue weighted by Crippen LogP contribution is 2.48. The Hall–Kier alpha value is -4.05. The number of methoxy groups -OCH3 is 1. The first-order valence-electron chi connectivity index (χ1n) is 14.6. The van der Waals surface area contributed by atoms with E-state index in [4.69, 9.17) is 14.8 Å². The van der Waals surface area contributed by atoms with Gasteiger partial charge in [0.2, 0.25) is 0 Å². The first kappa shape index (κ1) is 28.7. The first-order valence-corrected chi connectivity index (χ1v) is 17.0. The number of benzene rings is 2. The third-order valence-electron chi connectivity index (χ3n) is 8.53. The zero-order valence-electron chi connectivity index (χ0n) is 24.8. The second-order valence-electron chi connectivity index (χ2n) is 11.7. The summed E-state index contributed by atoms with van der Waals surface area (Å²) >= 11 is 0. The van der Waals surface area contributed by atoms with Crippen LogP contribution in [0.25, 0.3) is 39.2 Å². The molecule has 44 heavy (non-hydrogen) atoms. The fraction of sp³-hybridized carbons (Fsp3) is 0.387. The minimum Gasteiger partial charge on any atom is -0.478 e. The fourth-order valence-corrected chi connectivity index (χ4v) is 6.87. The van der Waals surface area contributed by atoms with Crippen LogP contribution in [0, 0.1) is 0 Å². The van der Waals surface area contributed by atoms with Gasteiger partial charge < -0.3 is 18.6 Å². The number of imidazole rings is 1. The van der Waals surface area contributed by atoms with Crippen molar-refractivity contribution >= 4 is 23.3 Å². The number of nitrogens with zero attached hydrogens (tertiary/aromatic N) is 6. The molecule has 2 aliphatic rings. The SMILES string of the molecule is CCP(C)(=O)c1ccc(-c2nc(-c3cccc4nn(-c5cn(C6CC6)nc5OC)cc34)c(C3CC3)n2C)c(OC(F)(F)F)c1. The van der Waals surface area contributed by atoms with Crippen molar-refractivity contribution in [1.82, 2.24) is 29.1 Å². The number of rotatable bonds is 9.